The third-order valence-electron chi connectivity index (χ3n) is 6.77. The molecule has 1 N–H and O–H groups in total. The van der Waals surface area contributed by atoms with Gasteiger partial charge in [-0.3, -0.25) is 19.3 Å². The Morgan fingerprint density at radius 2 is 1.78 bits per heavy atom. The molecule has 3 fully saturated rings. The van der Waals surface area contributed by atoms with Crippen LogP contribution >= 0.6 is 11.6 Å². The van der Waals surface area contributed by atoms with Crippen molar-refractivity contribution in [2.24, 2.45) is 35.5 Å². The van der Waals surface area contributed by atoms with Gasteiger partial charge in [0.15, 0.2) is 0 Å². The summed E-state index contributed by atoms with van der Waals surface area (Å²) in [7, 11) is 0. The number of likely N-dealkylation sites (tertiary alicyclic amines) is 1. The normalized spacial score (nSPS) is 35.3. The second-order valence-corrected chi connectivity index (χ2v) is 8.65. The molecule has 5 aliphatic rings. The van der Waals surface area contributed by atoms with Crippen molar-refractivity contribution in [2.75, 3.05) is 11.9 Å². The molecule has 5 nitrogen and oxygen atoms in total. The largest absolute Gasteiger partial charge is 0.326 e. The van der Waals surface area contributed by atoms with Crippen LogP contribution in [0.3, 0.4) is 0 Å². The number of carbonyl (C=O) groups is 3. The fraction of sp³-hybridized carbons (Fsp3) is 0.476. The minimum atomic E-state index is -0.227. The third-order valence-corrected chi connectivity index (χ3v) is 7.18. The average Bonchev–Trinajstić information content (AvgIpc) is 3.42. The Morgan fingerprint density at radius 3 is 2.37 bits per heavy atom. The number of allylic oxidation sites excluding steroid dienone is 2. The van der Waals surface area contributed by atoms with Crippen molar-refractivity contribution in [3.8, 4) is 0 Å². The Morgan fingerprint density at radius 1 is 1.15 bits per heavy atom. The van der Waals surface area contributed by atoms with E-state index in [0.29, 0.717) is 22.5 Å². The van der Waals surface area contributed by atoms with Gasteiger partial charge >= 0.3 is 0 Å². The number of nitrogens with one attached hydrogen (secondary N) is 1. The van der Waals surface area contributed by atoms with Crippen molar-refractivity contribution in [3.05, 3.63) is 40.9 Å². The van der Waals surface area contributed by atoms with Crippen molar-refractivity contribution in [2.45, 2.75) is 19.8 Å². The molecule has 4 aliphatic carbocycles. The summed E-state index contributed by atoms with van der Waals surface area (Å²) in [5.41, 5.74) is 1.55. The second kappa shape index (κ2) is 5.93. The zero-order valence-electron chi connectivity index (χ0n) is 15.0. The number of halogens is 1. The van der Waals surface area contributed by atoms with Crippen LogP contribution in [0, 0.1) is 42.4 Å². The molecule has 1 aromatic rings. The first-order chi connectivity index (χ1) is 13.0. The van der Waals surface area contributed by atoms with E-state index in [9.17, 15) is 14.4 Å². The first kappa shape index (κ1) is 17.0. The van der Waals surface area contributed by atoms with E-state index in [0.717, 1.165) is 12.0 Å². The number of carbonyl (C=O) groups excluding carboxylic acids is 3. The van der Waals surface area contributed by atoms with Crippen molar-refractivity contribution < 1.29 is 14.4 Å². The van der Waals surface area contributed by atoms with Gasteiger partial charge in [-0.2, -0.15) is 0 Å². The number of amides is 3. The van der Waals surface area contributed by atoms with Crippen LogP contribution in [0.2, 0.25) is 5.02 Å². The van der Waals surface area contributed by atoms with Gasteiger partial charge in [-0.05, 0) is 54.7 Å². The van der Waals surface area contributed by atoms with Gasteiger partial charge in [-0.25, -0.2) is 0 Å². The van der Waals surface area contributed by atoms with E-state index in [2.05, 4.69) is 17.5 Å². The zero-order valence-corrected chi connectivity index (χ0v) is 15.8. The maximum Gasteiger partial charge on any atom is 0.233 e. The van der Waals surface area contributed by atoms with Crippen LogP contribution < -0.4 is 5.32 Å². The number of anilines is 1. The number of benzene rings is 1. The Labute approximate surface area is 162 Å². The molecule has 6 rings (SSSR count). The van der Waals surface area contributed by atoms with Crippen LogP contribution in [0.25, 0.3) is 0 Å². The Hall–Kier alpha value is -2.14. The van der Waals surface area contributed by atoms with Crippen molar-refractivity contribution >= 4 is 35.0 Å². The molecular weight excluding hydrogens is 364 g/mol. The van der Waals surface area contributed by atoms with Crippen molar-refractivity contribution in [1.29, 1.82) is 0 Å². The molecule has 1 saturated heterocycles. The lowest BCUT2D eigenvalue weighted by molar-refractivity contribution is -0.140. The van der Waals surface area contributed by atoms with Gasteiger partial charge in [-0.15, -0.1) is 0 Å². The molecule has 1 aromatic carbocycles. The summed E-state index contributed by atoms with van der Waals surface area (Å²) in [6.45, 7) is 2.04. The highest BCUT2D eigenvalue weighted by atomic mass is 35.5. The molecular formula is C21H21ClN2O3. The monoisotopic (exact) mass is 384 g/mol. The Bertz CT molecular complexity index is 859. The fourth-order valence-corrected chi connectivity index (χ4v) is 5.53. The van der Waals surface area contributed by atoms with Crippen LogP contribution in [0.5, 0.6) is 0 Å². The predicted molar refractivity (Wildman–Crippen MR) is 101 cm³/mol. The standard InChI is InChI=1S/C21H21ClN2O3/c1-10-2-3-11(8-16(10)22)23-17(25)6-7-24-20(26)18-12-4-5-13(15-9-14(12)15)19(18)21(24)27/h2-5,8,12-15,18-19H,6-7,9H2,1H3,(H,23,25)/t12-,13+,14-,15-,18+,19-/m1/s1. The number of aryl methyl sites for hydroxylation is 1. The number of nitrogens with zero attached hydrogens (tertiary/aromatic N) is 1. The molecule has 0 radical (unpaired) electrons. The lowest BCUT2D eigenvalue weighted by atomic mass is 9.63. The van der Waals surface area contributed by atoms with E-state index in [4.69, 9.17) is 11.6 Å². The number of rotatable bonds is 4. The van der Waals surface area contributed by atoms with E-state index in [1.807, 2.05) is 13.0 Å². The second-order valence-electron chi connectivity index (χ2n) is 8.24. The summed E-state index contributed by atoms with van der Waals surface area (Å²) in [5, 5.41) is 3.37. The highest BCUT2D eigenvalue weighted by Crippen LogP contribution is 2.65. The van der Waals surface area contributed by atoms with E-state index >= 15 is 0 Å². The average molecular weight is 385 g/mol. The smallest absolute Gasteiger partial charge is 0.233 e. The number of hydrogen-bond donors (Lipinski definition) is 1. The molecule has 0 aromatic heterocycles. The van der Waals surface area contributed by atoms with Crippen LogP contribution in [-0.4, -0.2) is 29.2 Å². The minimum absolute atomic E-state index is 0.0825. The molecule has 1 aliphatic heterocycles. The summed E-state index contributed by atoms with van der Waals surface area (Å²) >= 11 is 6.08. The molecule has 6 atom stereocenters. The molecule has 140 valence electrons. The summed E-state index contributed by atoms with van der Waals surface area (Å²) < 4.78 is 0. The van der Waals surface area contributed by atoms with Crippen molar-refractivity contribution in [1.82, 2.24) is 4.90 Å². The molecule has 2 saturated carbocycles. The van der Waals surface area contributed by atoms with Gasteiger partial charge in [0.05, 0.1) is 11.8 Å². The summed E-state index contributed by atoms with van der Waals surface area (Å²) in [5.74, 6) is 0.826. The molecule has 0 spiro atoms. The first-order valence-corrected chi connectivity index (χ1v) is 9.93. The quantitative estimate of drug-likeness (QED) is 0.641. The van der Waals surface area contributed by atoms with Crippen LogP contribution in [-0.2, 0) is 14.4 Å². The summed E-state index contributed by atoms with van der Waals surface area (Å²) in [6, 6.07) is 5.32. The van der Waals surface area contributed by atoms with E-state index in [-0.39, 0.29) is 54.4 Å². The molecule has 27 heavy (non-hydrogen) atoms. The summed E-state index contributed by atoms with van der Waals surface area (Å²) in [4.78, 5) is 39.4. The van der Waals surface area contributed by atoms with Crippen LogP contribution in [0.1, 0.15) is 18.4 Å². The highest BCUT2D eigenvalue weighted by molar-refractivity contribution is 6.31. The van der Waals surface area contributed by atoms with Gasteiger partial charge < -0.3 is 5.32 Å². The van der Waals surface area contributed by atoms with Crippen molar-refractivity contribution in [3.63, 3.8) is 0 Å². The Kier molecular flexibility index (Phi) is 3.73. The highest BCUT2D eigenvalue weighted by Gasteiger charge is 2.66. The van der Waals surface area contributed by atoms with Gasteiger partial charge in [0.25, 0.3) is 0 Å². The number of hydrogen-bond acceptors (Lipinski definition) is 3. The first-order valence-electron chi connectivity index (χ1n) is 9.55. The third kappa shape index (κ3) is 2.55. The van der Waals surface area contributed by atoms with E-state index in [1.165, 1.54) is 4.90 Å². The van der Waals surface area contributed by atoms with Crippen LogP contribution in [0.15, 0.2) is 30.4 Å². The van der Waals surface area contributed by atoms with E-state index < -0.39 is 0 Å². The Balaban J connectivity index is 1.24. The van der Waals surface area contributed by atoms with Gasteiger partial charge in [0.1, 0.15) is 0 Å². The molecule has 6 heteroatoms. The lowest BCUT2D eigenvalue weighted by Crippen LogP contribution is -2.40. The van der Waals surface area contributed by atoms with E-state index in [1.54, 1.807) is 12.1 Å². The zero-order chi connectivity index (χ0) is 18.9. The van der Waals surface area contributed by atoms with Gasteiger partial charge in [0, 0.05) is 23.7 Å². The maximum absolute atomic E-state index is 12.9. The molecule has 1 heterocycles. The van der Waals surface area contributed by atoms with Gasteiger partial charge in [-0.1, -0.05) is 29.8 Å². The number of imide groups is 1. The summed E-state index contributed by atoms with van der Waals surface area (Å²) in [6.07, 6.45) is 5.56. The topological polar surface area (TPSA) is 66.5 Å². The molecule has 0 unspecified atom stereocenters. The van der Waals surface area contributed by atoms with Gasteiger partial charge in [0.2, 0.25) is 17.7 Å². The molecule has 3 amide bonds. The fourth-order valence-electron chi connectivity index (χ4n) is 5.35. The lowest BCUT2D eigenvalue weighted by Gasteiger charge is -2.37. The predicted octanol–water partition coefficient (Wildman–Crippen LogP) is 3.03. The molecule has 2 bridgehead atoms. The maximum atomic E-state index is 12.9. The SMILES string of the molecule is Cc1ccc(NC(=O)CCN2C(=O)[C@@H]3[C@H]4C=C[C@H]([C@H]5C[C@H]45)[C@@H]3C2=O)cc1Cl. The minimum Gasteiger partial charge on any atom is -0.326 e. The van der Waals surface area contributed by atoms with Crippen LogP contribution in [0.4, 0.5) is 5.69 Å².